The van der Waals surface area contributed by atoms with Gasteiger partial charge >= 0.3 is 5.97 Å². The Morgan fingerprint density at radius 2 is 2.11 bits per heavy atom. The number of amides is 1. The molecule has 0 aliphatic carbocycles. The number of rotatable bonds is 1. The van der Waals surface area contributed by atoms with Gasteiger partial charge in [0, 0.05) is 5.56 Å². The minimum absolute atomic E-state index is 0.0603. The Morgan fingerprint density at radius 3 is 2.79 bits per heavy atom. The second-order valence-electron chi connectivity index (χ2n) is 4.02. The first kappa shape index (κ1) is 12.8. The lowest BCUT2D eigenvalue weighted by Gasteiger charge is -2.03. The Bertz CT molecular complexity index is 649. The molecule has 2 rings (SSSR count). The van der Waals surface area contributed by atoms with Gasteiger partial charge in [-0.05, 0) is 18.6 Å². The van der Waals surface area contributed by atoms with Crippen molar-refractivity contribution in [3.63, 3.8) is 0 Å². The number of carbonyl (C=O) groups is 3. The topological polar surface area (TPSA) is 72.5 Å². The van der Waals surface area contributed by atoms with Crippen LogP contribution in [0.4, 0.5) is 5.69 Å². The molecule has 1 aromatic carbocycles. The summed E-state index contributed by atoms with van der Waals surface area (Å²) in [6.07, 6.45) is -0.0603. The maximum absolute atomic E-state index is 11.8. The van der Waals surface area contributed by atoms with Crippen molar-refractivity contribution >= 4 is 23.3 Å². The number of benzene rings is 1. The van der Waals surface area contributed by atoms with Crippen LogP contribution in [0.15, 0.2) is 12.1 Å². The largest absolute Gasteiger partial charge is 0.468 e. The van der Waals surface area contributed by atoms with Crippen LogP contribution < -0.4 is 5.32 Å². The van der Waals surface area contributed by atoms with E-state index in [0.717, 1.165) is 5.56 Å². The second kappa shape index (κ2) is 4.94. The zero-order valence-electron chi connectivity index (χ0n) is 10.5. The molecular formula is C14H11NO4. The number of aryl methyl sites for hydroxylation is 1. The van der Waals surface area contributed by atoms with Crippen molar-refractivity contribution in [1.82, 2.24) is 0 Å². The molecule has 1 heterocycles. The van der Waals surface area contributed by atoms with Crippen LogP contribution in [0.1, 0.15) is 27.9 Å². The lowest BCUT2D eigenvalue weighted by Crippen LogP contribution is -2.13. The van der Waals surface area contributed by atoms with E-state index in [1.54, 1.807) is 19.1 Å². The first-order chi connectivity index (χ1) is 9.04. The van der Waals surface area contributed by atoms with Crippen LogP contribution in [0.5, 0.6) is 0 Å². The van der Waals surface area contributed by atoms with Crippen molar-refractivity contribution in [3.8, 4) is 11.8 Å². The number of hydrogen-bond donors (Lipinski definition) is 1. The number of hydrogen-bond acceptors (Lipinski definition) is 4. The average molecular weight is 257 g/mol. The lowest BCUT2D eigenvalue weighted by molar-refractivity contribution is -0.139. The molecule has 0 spiro atoms. The molecule has 0 saturated heterocycles. The minimum atomic E-state index is -0.656. The third-order valence-corrected chi connectivity index (χ3v) is 2.77. The van der Waals surface area contributed by atoms with Gasteiger partial charge in [-0.15, -0.1) is 0 Å². The summed E-state index contributed by atoms with van der Waals surface area (Å²) >= 11 is 0. The minimum Gasteiger partial charge on any atom is -0.468 e. The van der Waals surface area contributed by atoms with E-state index in [-0.39, 0.29) is 12.0 Å². The summed E-state index contributed by atoms with van der Waals surface area (Å²) in [4.78, 5) is 34.1. The molecule has 96 valence electrons. The Hall–Kier alpha value is -2.61. The highest BCUT2D eigenvalue weighted by Gasteiger charge is 2.30. The molecule has 1 amide bonds. The van der Waals surface area contributed by atoms with Crippen molar-refractivity contribution < 1.29 is 19.1 Å². The third-order valence-electron chi connectivity index (χ3n) is 2.77. The van der Waals surface area contributed by atoms with Gasteiger partial charge in [0.25, 0.3) is 11.7 Å². The fourth-order valence-electron chi connectivity index (χ4n) is 1.78. The Kier molecular flexibility index (Phi) is 3.34. The molecule has 1 N–H and O–H groups in total. The number of esters is 1. The van der Waals surface area contributed by atoms with E-state index < -0.39 is 17.7 Å². The molecule has 1 aliphatic rings. The smallest absolute Gasteiger partial charge is 0.317 e. The fourth-order valence-corrected chi connectivity index (χ4v) is 1.78. The van der Waals surface area contributed by atoms with E-state index in [1.165, 1.54) is 7.11 Å². The third kappa shape index (κ3) is 2.33. The van der Waals surface area contributed by atoms with Gasteiger partial charge in [0.2, 0.25) is 0 Å². The van der Waals surface area contributed by atoms with E-state index in [0.29, 0.717) is 11.3 Å². The van der Waals surface area contributed by atoms with E-state index in [4.69, 9.17) is 0 Å². The van der Waals surface area contributed by atoms with Gasteiger partial charge in [-0.25, -0.2) is 0 Å². The van der Waals surface area contributed by atoms with Crippen LogP contribution in [0, 0.1) is 18.8 Å². The molecule has 0 fully saturated rings. The van der Waals surface area contributed by atoms with Gasteiger partial charge in [0.1, 0.15) is 6.42 Å². The van der Waals surface area contributed by atoms with E-state index >= 15 is 0 Å². The summed E-state index contributed by atoms with van der Waals surface area (Å²) in [6, 6.07) is 3.43. The molecule has 5 nitrogen and oxygen atoms in total. The molecule has 0 bridgehead atoms. The molecule has 0 atom stereocenters. The van der Waals surface area contributed by atoms with Crippen LogP contribution in [0.25, 0.3) is 0 Å². The number of carbonyl (C=O) groups excluding carboxylic acids is 3. The van der Waals surface area contributed by atoms with Gasteiger partial charge in [0.15, 0.2) is 0 Å². The summed E-state index contributed by atoms with van der Waals surface area (Å²) in [5, 5.41) is 2.48. The fraction of sp³-hybridized carbons (Fsp3) is 0.214. The maximum atomic E-state index is 11.8. The maximum Gasteiger partial charge on any atom is 0.317 e. The average Bonchev–Trinajstić information content (AvgIpc) is 2.68. The number of methoxy groups -OCH3 is 1. The van der Waals surface area contributed by atoms with Crippen molar-refractivity contribution in [3.05, 3.63) is 28.8 Å². The molecule has 1 aliphatic heterocycles. The van der Waals surface area contributed by atoms with Crippen molar-refractivity contribution in [2.75, 3.05) is 12.4 Å². The number of fused-ring (bicyclic) bond motifs is 1. The monoisotopic (exact) mass is 257 g/mol. The quantitative estimate of drug-likeness (QED) is 0.463. The van der Waals surface area contributed by atoms with Gasteiger partial charge in [0.05, 0.1) is 18.4 Å². The lowest BCUT2D eigenvalue weighted by atomic mass is 9.99. The number of Topliss-reactive ketones (excluding diaryl/α,β-unsaturated/α-hetero) is 1. The highest BCUT2D eigenvalue weighted by Crippen LogP contribution is 2.28. The zero-order chi connectivity index (χ0) is 14.0. The van der Waals surface area contributed by atoms with E-state index in [1.807, 2.05) is 0 Å². The van der Waals surface area contributed by atoms with Gasteiger partial charge in [-0.3, -0.25) is 14.4 Å². The van der Waals surface area contributed by atoms with Crippen LogP contribution in [0.3, 0.4) is 0 Å². The van der Waals surface area contributed by atoms with Crippen LogP contribution in [0.2, 0.25) is 0 Å². The molecular weight excluding hydrogens is 246 g/mol. The molecule has 0 unspecified atom stereocenters. The molecule has 1 aromatic rings. The predicted octanol–water partition coefficient (Wildman–Crippen LogP) is 1.04. The van der Waals surface area contributed by atoms with Gasteiger partial charge in [-0.2, -0.15) is 0 Å². The molecule has 19 heavy (non-hydrogen) atoms. The summed E-state index contributed by atoms with van der Waals surface area (Å²) < 4.78 is 4.47. The Labute approximate surface area is 109 Å². The van der Waals surface area contributed by atoms with Crippen LogP contribution in [-0.4, -0.2) is 24.8 Å². The van der Waals surface area contributed by atoms with Crippen molar-refractivity contribution in [1.29, 1.82) is 0 Å². The second-order valence-corrected chi connectivity index (χ2v) is 4.02. The van der Waals surface area contributed by atoms with Crippen molar-refractivity contribution in [2.45, 2.75) is 13.3 Å². The predicted molar refractivity (Wildman–Crippen MR) is 67.7 cm³/mol. The number of nitrogens with one attached hydrogen (secondary N) is 1. The number of anilines is 1. The first-order valence-corrected chi connectivity index (χ1v) is 5.59. The van der Waals surface area contributed by atoms with Crippen LogP contribution >= 0.6 is 0 Å². The van der Waals surface area contributed by atoms with Gasteiger partial charge < -0.3 is 10.1 Å². The summed E-state index contributed by atoms with van der Waals surface area (Å²) in [5.74, 6) is 3.71. The number of ether oxygens (including phenoxy) is 1. The summed E-state index contributed by atoms with van der Waals surface area (Å²) in [6.45, 7) is 1.79. The van der Waals surface area contributed by atoms with Crippen molar-refractivity contribution in [2.24, 2.45) is 0 Å². The number of ketones is 1. The Balaban J connectivity index is 2.42. The Morgan fingerprint density at radius 1 is 1.37 bits per heavy atom. The first-order valence-electron chi connectivity index (χ1n) is 5.59. The highest BCUT2D eigenvalue weighted by molar-refractivity contribution is 6.52. The SMILES string of the molecule is COC(=O)CC#Cc1c(C)ccc2c1C(=O)C(=O)N2. The van der Waals surface area contributed by atoms with Crippen LogP contribution in [-0.2, 0) is 14.3 Å². The highest BCUT2D eigenvalue weighted by atomic mass is 16.5. The normalized spacial score (nSPS) is 12.3. The molecule has 0 saturated carbocycles. The molecule has 0 aromatic heterocycles. The van der Waals surface area contributed by atoms with E-state index in [9.17, 15) is 14.4 Å². The summed E-state index contributed by atoms with van der Waals surface area (Å²) in [5.41, 5.74) is 2.00. The summed E-state index contributed by atoms with van der Waals surface area (Å²) in [7, 11) is 1.28. The van der Waals surface area contributed by atoms with Gasteiger partial charge in [-0.1, -0.05) is 17.9 Å². The molecule has 5 heteroatoms. The van der Waals surface area contributed by atoms with E-state index in [2.05, 4.69) is 21.9 Å². The standard InChI is InChI=1S/C14H11NO4/c1-8-6-7-10-12(13(17)14(18)15-10)9(8)4-3-5-11(16)19-2/h6-7H,5H2,1-2H3,(H,15,17,18). The molecule has 0 radical (unpaired) electrons. The zero-order valence-corrected chi connectivity index (χ0v) is 10.5.